The van der Waals surface area contributed by atoms with Crippen molar-refractivity contribution in [2.24, 2.45) is 0 Å². The fraction of sp³-hybridized carbons (Fsp3) is 0.318. The Labute approximate surface area is 189 Å². The van der Waals surface area contributed by atoms with E-state index in [4.69, 9.17) is 14.9 Å². The maximum absolute atomic E-state index is 13.2. The molecule has 3 aromatic heterocycles. The molecule has 1 aliphatic heterocycles. The van der Waals surface area contributed by atoms with E-state index in [1.807, 2.05) is 13.0 Å². The van der Waals surface area contributed by atoms with Gasteiger partial charge in [-0.2, -0.15) is 10.1 Å². The zero-order chi connectivity index (χ0) is 22.9. The molecule has 3 N–H and O–H groups in total. The molecule has 0 aliphatic carbocycles. The zero-order valence-electron chi connectivity index (χ0n) is 18.4. The predicted octanol–water partition coefficient (Wildman–Crippen LogP) is 2.98. The lowest BCUT2D eigenvalue weighted by atomic mass is 10.1. The van der Waals surface area contributed by atoms with Crippen LogP contribution in [0, 0.1) is 0 Å². The molecule has 1 aromatic carbocycles. The second-order valence-corrected chi connectivity index (χ2v) is 7.83. The number of piperidine rings is 1. The molecule has 11 nitrogen and oxygen atoms in total. The standard InChI is InChI=1S/C22H24N8O3/c1-3-8-29-9-4-5-13(11-29)30-20-17(19(23)24-12-25-20)18(28-30)21(31)27-22-26-15-10-14(32-2)6-7-16(15)33-22/h3,6-8,10,12-13H,4-5,9,11H2,1-2H3,(H2,23,24,25)(H,26,27,31)/t13-/m1/s1. The molecule has 0 unspecified atom stereocenters. The van der Waals surface area contributed by atoms with Gasteiger partial charge >= 0.3 is 6.01 Å². The zero-order valence-corrected chi connectivity index (χ0v) is 18.4. The van der Waals surface area contributed by atoms with Gasteiger partial charge in [0, 0.05) is 19.2 Å². The molecular weight excluding hydrogens is 424 g/mol. The molecule has 0 bridgehead atoms. The minimum absolute atomic E-state index is 0.0464. The molecule has 0 radical (unpaired) electrons. The Balaban J connectivity index is 1.49. The fourth-order valence-corrected chi connectivity index (χ4v) is 4.18. The number of amides is 1. The molecule has 33 heavy (non-hydrogen) atoms. The summed E-state index contributed by atoms with van der Waals surface area (Å²) in [4.78, 5) is 28.2. The van der Waals surface area contributed by atoms with Crippen molar-refractivity contribution < 1.29 is 13.9 Å². The van der Waals surface area contributed by atoms with Crippen LogP contribution in [-0.2, 0) is 0 Å². The quantitative estimate of drug-likeness (QED) is 0.472. The van der Waals surface area contributed by atoms with E-state index in [2.05, 4.69) is 36.5 Å². The van der Waals surface area contributed by atoms with E-state index in [-0.39, 0.29) is 23.6 Å². The Morgan fingerprint density at radius 2 is 2.24 bits per heavy atom. The SMILES string of the molecule is CC=CN1CCC[C@@H](n2nc(C(=O)Nc3nc4cc(OC)ccc4o3)c3c(N)ncnc32)C1. The van der Waals surface area contributed by atoms with Gasteiger partial charge in [-0.3, -0.25) is 10.1 Å². The van der Waals surface area contributed by atoms with Crippen molar-refractivity contribution in [2.45, 2.75) is 25.8 Å². The number of rotatable bonds is 5. The number of hydrogen-bond acceptors (Lipinski definition) is 9. The first kappa shape index (κ1) is 20.7. The van der Waals surface area contributed by atoms with Crippen LogP contribution in [0.2, 0.25) is 0 Å². The van der Waals surface area contributed by atoms with Crippen LogP contribution in [0.15, 0.2) is 41.2 Å². The molecule has 170 valence electrons. The lowest BCUT2D eigenvalue weighted by Crippen LogP contribution is -2.33. The minimum Gasteiger partial charge on any atom is -0.497 e. The van der Waals surface area contributed by atoms with E-state index in [1.54, 1.807) is 30.0 Å². The van der Waals surface area contributed by atoms with Crippen molar-refractivity contribution in [2.75, 3.05) is 31.2 Å². The number of nitrogens with one attached hydrogen (secondary N) is 1. The topological polar surface area (TPSA) is 137 Å². The Hall–Kier alpha value is -4.15. The third kappa shape index (κ3) is 3.81. The number of hydrogen-bond donors (Lipinski definition) is 2. The summed E-state index contributed by atoms with van der Waals surface area (Å²) in [7, 11) is 1.57. The van der Waals surface area contributed by atoms with Crippen LogP contribution >= 0.6 is 0 Å². The van der Waals surface area contributed by atoms with Crippen LogP contribution in [0.5, 0.6) is 5.75 Å². The van der Waals surface area contributed by atoms with Crippen molar-refractivity contribution >= 4 is 39.9 Å². The molecule has 1 fully saturated rings. The molecular formula is C22H24N8O3. The van der Waals surface area contributed by atoms with Crippen molar-refractivity contribution in [3.05, 3.63) is 42.5 Å². The number of aromatic nitrogens is 5. The Morgan fingerprint density at radius 1 is 1.36 bits per heavy atom. The highest BCUT2D eigenvalue weighted by atomic mass is 16.5. The normalized spacial score (nSPS) is 16.7. The summed E-state index contributed by atoms with van der Waals surface area (Å²) in [6.45, 7) is 3.73. The summed E-state index contributed by atoms with van der Waals surface area (Å²) in [5.41, 5.74) is 7.89. The lowest BCUT2D eigenvalue weighted by Gasteiger charge is -2.32. The van der Waals surface area contributed by atoms with Gasteiger partial charge < -0.3 is 19.8 Å². The summed E-state index contributed by atoms with van der Waals surface area (Å²) in [6.07, 6.45) is 7.39. The maximum Gasteiger partial charge on any atom is 0.302 e. The molecule has 11 heteroatoms. The number of nitrogen functional groups attached to an aromatic ring is 1. The number of ether oxygens (including phenoxy) is 1. The van der Waals surface area contributed by atoms with Gasteiger partial charge in [0.25, 0.3) is 5.91 Å². The molecule has 4 heterocycles. The summed E-state index contributed by atoms with van der Waals surface area (Å²) in [5.74, 6) is 0.336. The molecule has 1 saturated heterocycles. The number of oxazole rings is 1. The highest BCUT2D eigenvalue weighted by Gasteiger charge is 2.28. The summed E-state index contributed by atoms with van der Waals surface area (Å²) in [5, 5.41) is 7.72. The number of nitrogens with zero attached hydrogens (tertiary/aromatic N) is 6. The van der Waals surface area contributed by atoms with Gasteiger partial charge in [-0.15, -0.1) is 0 Å². The van der Waals surface area contributed by atoms with Gasteiger partial charge in [0.05, 0.1) is 18.5 Å². The fourth-order valence-electron chi connectivity index (χ4n) is 4.18. The van der Waals surface area contributed by atoms with E-state index in [0.717, 1.165) is 25.9 Å². The first-order chi connectivity index (χ1) is 16.1. The number of nitrogens with two attached hydrogens (primary N) is 1. The smallest absolute Gasteiger partial charge is 0.302 e. The summed E-state index contributed by atoms with van der Waals surface area (Å²) >= 11 is 0. The van der Waals surface area contributed by atoms with Crippen LogP contribution in [0.25, 0.3) is 22.1 Å². The first-order valence-electron chi connectivity index (χ1n) is 10.7. The van der Waals surface area contributed by atoms with Gasteiger partial charge in [0.2, 0.25) is 0 Å². The summed E-state index contributed by atoms with van der Waals surface area (Å²) < 4.78 is 12.7. The average Bonchev–Trinajstić information content (AvgIpc) is 3.41. The number of carbonyl (C=O) groups is 1. The van der Waals surface area contributed by atoms with E-state index < -0.39 is 5.91 Å². The predicted molar refractivity (Wildman–Crippen MR) is 123 cm³/mol. The largest absolute Gasteiger partial charge is 0.497 e. The molecule has 5 rings (SSSR count). The van der Waals surface area contributed by atoms with E-state index in [0.29, 0.717) is 27.9 Å². The maximum atomic E-state index is 13.2. The van der Waals surface area contributed by atoms with Gasteiger partial charge in [0.1, 0.15) is 23.4 Å². The highest BCUT2D eigenvalue weighted by Crippen LogP contribution is 2.29. The number of fused-ring (bicyclic) bond motifs is 2. The van der Waals surface area contributed by atoms with Gasteiger partial charge in [-0.25, -0.2) is 14.6 Å². The number of benzene rings is 1. The third-order valence-corrected chi connectivity index (χ3v) is 5.68. The number of allylic oxidation sites excluding steroid dienone is 1. The average molecular weight is 448 g/mol. The molecule has 0 spiro atoms. The highest BCUT2D eigenvalue weighted by molar-refractivity contribution is 6.12. The molecule has 4 aromatic rings. The van der Waals surface area contributed by atoms with Crippen LogP contribution in [0.4, 0.5) is 11.8 Å². The van der Waals surface area contributed by atoms with Crippen molar-refractivity contribution in [3.8, 4) is 5.75 Å². The monoisotopic (exact) mass is 448 g/mol. The van der Waals surface area contributed by atoms with Gasteiger partial charge in [0.15, 0.2) is 16.9 Å². The van der Waals surface area contributed by atoms with Crippen molar-refractivity contribution in [3.63, 3.8) is 0 Å². The van der Waals surface area contributed by atoms with Crippen molar-refractivity contribution in [1.29, 1.82) is 0 Å². The Kier molecular flexibility index (Phi) is 5.29. The van der Waals surface area contributed by atoms with E-state index in [9.17, 15) is 4.79 Å². The van der Waals surface area contributed by atoms with Gasteiger partial charge in [-0.1, -0.05) is 6.08 Å². The molecule has 1 atom stereocenters. The van der Waals surface area contributed by atoms with Crippen LogP contribution < -0.4 is 15.8 Å². The first-order valence-corrected chi connectivity index (χ1v) is 10.7. The number of anilines is 2. The third-order valence-electron chi connectivity index (χ3n) is 5.68. The lowest BCUT2D eigenvalue weighted by molar-refractivity contribution is 0.101. The van der Waals surface area contributed by atoms with E-state index >= 15 is 0 Å². The second kappa shape index (κ2) is 8.41. The minimum atomic E-state index is -0.500. The molecule has 0 saturated carbocycles. The summed E-state index contributed by atoms with van der Waals surface area (Å²) in [6, 6.07) is 5.31. The second-order valence-electron chi connectivity index (χ2n) is 7.83. The Bertz CT molecular complexity index is 1360. The van der Waals surface area contributed by atoms with Crippen LogP contribution in [0.1, 0.15) is 36.3 Å². The van der Waals surface area contributed by atoms with Gasteiger partial charge in [-0.05, 0) is 38.1 Å². The number of likely N-dealkylation sites (tertiary alicyclic amines) is 1. The van der Waals surface area contributed by atoms with Crippen LogP contribution in [-0.4, -0.2) is 55.7 Å². The Morgan fingerprint density at radius 3 is 3.06 bits per heavy atom. The molecule has 1 amide bonds. The van der Waals surface area contributed by atoms with E-state index in [1.165, 1.54) is 6.33 Å². The molecule has 1 aliphatic rings. The number of carbonyl (C=O) groups excluding carboxylic acids is 1. The van der Waals surface area contributed by atoms with Crippen LogP contribution in [0.3, 0.4) is 0 Å². The number of methoxy groups -OCH3 is 1. The van der Waals surface area contributed by atoms with Crippen molar-refractivity contribution in [1.82, 2.24) is 29.6 Å².